The fourth-order valence-corrected chi connectivity index (χ4v) is 2.60. The molecule has 1 heterocycles. The highest BCUT2D eigenvalue weighted by molar-refractivity contribution is 5.81. The zero-order valence-corrected chi connectivity index (χ0v) is 12.1. The maximum absolute atomic E-state index is 12.2. The molecule has 0 spiro atoms. The van der Waals surface area contributed by atoms with Crippen molar-refractivity contribution >= 4 is 11.7 Å². The molecule has 0 atom stereocenters. The van der Waals surface area contributed by atoms with Gasteiger partial charge in [0.15, 0.2) is 0 Å². The Morgan fingerprint density at radius 3 is 2.60 bits per heavy atom. The minimum atomic E-state index is 0.125. The van der Waals surface area contributed by atoms with Gasteiger partial charge in [0.1, 0.15) is 11.5 Å². The Kier molecular flexibility index (Phi) is 4.77. The lowest BCUT2D eigenvalue weighted by atomic mass is 9.93. The number of ether oxygens (including phenoxy) is 1. The van der Waals surface area contributed by atoms with Crippen molar-refractivity contribution in [2.75, 3.05) is 20.2 Å². The molecule has 0 aromatic heterocycles. The van der Waals surface area contributed by atoms with Gasteiger partial charge in [0.2, 0.25) is 5.91 Å². The van der Waals surface area contributed by atoms with E-state index in [2.05, 4.69) is 0 Å². The molecule has 1 saturated heterocycles. The standard InChI is InChI=1S/C16H21NO3/c1-12(18)14-6-8-17(9-7-14)16(19)11-13-4-3-5-15(10-13)20-2/h3-5,10,14H,6-9,11H2,1-2H3. The van der Waals surface area contributed by atoms with Crippen molar-refractivity contribution in [2.45, 2.75) is 26.2 Å². The number of hydrogen-bond acceptors (Lipinski definition) is 3. The average molecular weight is 275 g/mol. The molecule has 0 N–H and O–H groups in total. The summed E-state index contributed by atoms with van der Waals surface area (Å²) in [5.74, 6) is 1.27. The summed E-state index contributed by atoms with van der Waals surface area (Å²) in [6.45, 7) is 3.01. The summed E-state index contributed by atoms with van der Waals surface area (Å²) in [7, 11) is 1.62. The van der Waals surface area contributed by atoms with Crippen LogP contribution in [0.3, 0.4) is 0 Å². The van der Waals surface area contributed by atoms with Gasteiger partial charge in [-0.2, -0.15) is 0 Å². The summed E-state index contributed by atoms with van der Waals surface area (Å²) in [5.41, 5.74) is 0.961. The summed E-state index contributed by atoms with van der Waals surface area (Å²) >= 11 is 0. The summed E-state index contributed by atoms with van der Waals surface area (Å²) in [5, 5.41) is 0. The van der Waals surface area contributed by atoms with E-state index in [1.165, 1.54) is 0 Å². The van der Waals surface area contributed by atoms with E-state index in [0.29, 0.717) is 19.5 Å². The number of rotatable bonds is 4. The lowest BCUT2D eigenvalue weighted by molar-refractivity contribution is -0.134. The van der Waals surface area contributed by atoms with Crippen molar-refractivity contribution < 1.29 is 14.3 Å². The van der Waals surface area contributed by atoms with Crippen molar-refractivity contribution in [1.29, 1.82) is 0 Å². The quantitative estimate of drug-likeness (QED) is 0.845. The Morgan fingerprint density at radius 1 is 1.30 bits per heavy atom. The van der Waals surface area contributed by atoms with Crippen LogP contribution in [0.15, 0.2) is 24.3 Å². The molecule has 0 unspecified atom stereocenters. The van der Waals surface area contributed by atoms with Gasteiger partial charge in [-0.05, 0) is 37.5 Å². The highest BCUT2D eigenvalue weighted by Gasteiger charge is 2.25. The predicted octanol–water partition coefficient (Wildman–Crippen LogP) is 2.07. The van der Waals surface area contributed by atoms with Gasteiger partial charge in [0, 0.05) is 19.0 Å². The second kappa shape index (κ2) is 6.55. The smallest absolute Gasteiger partial charge is 0.226 e. The Hall–Kier alpha value is -1.84. The summed E-state index contributed by atoms with van der Waals surface area (Å²) in [6.07, 6.45) is 1.97. The second-order valence-corrected chi connectivity index (χ2v) is 5.29. The molecule has 20 heavy (non-hydrogen) atoms. The summed E-state index contributed by atoms with van der Waals surface area (Å²) in [6, 6.07) is 7.58. The molecule has 0 aliphatic carbocycles. The van der Waals surface area contributed by atoms with E-state index < -0.39 is 0 Å². The third kappa shape index (κ3) is 3.59. The maximum atomic E-state index is 12.2. The van der Waals surface area contributed by atoms with E-state index in [1.807, 2.05) is 29.2 Å². The molecule has 0 saturated carbocycles. The van der Waals surface area contributed by atoms with Crippen LogP contribution in [0.1, 0.15) is 25.3 Å². The summed E-state index contributed by atoms with van der Waals surface area (Å²) < 4.78 is 5.16. The number of benzene rings is 1. The number of Topliss-reactive ketones (excluding diaryl/α,β-unsaturated/α-hetero) is 1. The van der Waals surface area contributed by atoms with Crippen LogP contribution >= 0.6 is 0 Å². The van der Waals surface area contributed by atoms with Gasteiger partial charge in [0.05, 0.1) is 13.5 Å². The van der Waals surface area contributed by atoms with E-state index in [1.54, 1.807) is 14.0 Å². The van der Waals surface area contributed by atoms with E-state index in [9.17, 15) is 9.59 Å². The van der Waals surface area contributed by atoms with Crippen LogP contribution in [0.4, 0.5) is 0 Å². The highest BCUT2D eigenvalue weighted by atomic mass is 16.5. The number of likely N-dealkylation sites (tertiary alicyclic amines) is 1. The molecule has 1 aromatic carbocycles. The zero-order valence-electron chi connectivity index (χ0n) is 12.1. The SMILES string of the molecule is COc1cccc(CC(=O)N2CCC(C(C)=O)CC2)c1. The van der Waals surface area contributed by atoms with Gasteiger partial charge in [-0.15, -0.1) is 0 Å². The van der Waals surface area contributed by atoms with Crippen molar-refractivity contribution in [2.24, 2.45) is 5.92 Å². The molecule has 1 amide bonds. The van der Waals surface area contributed by atoms with Crippen LogP contribution in [-0.2, 0) is 16.0 Å². The first-order valence-electron chi connectivity index (χ1n) is 7.01. The number of nitrogens with zero attached hydrogens (tertiary/aromatic N) is 1. The average Bonchev–Trinajstić information content (AvgIpc) is 2.47. The van der Waals surface area contributed by atoms with Gasteiger partial charge < -0.3 is 9.64 Å². The third-order valence-electron chi connectivity index (χ3n) is 3.91. The number of ketones is 1. The molecule has 1 fully saturated rings. The molecule has 1 aromatic rings. The first-order chi connectivity index (χ1) is 9.60. The molecule has 4 nitrogen and oxygen atoms in total. The predicted molar refractivity (Wildman–Crippen MR) is 76.7 cm³/mol. The van der Waals surface area contributed by atoms with Crippen LogP contribution < -0.4 is 4.74 Å². The van der Waals surface area contributed by atoms with Crippen molar-refractivity contribution in [3.05, 3.63) is 29.8 Å². The zero-order chi connectivity index (χ0) is 14.5. The molecule has 1 aliphatic heterocycles. The molecule has 2 rings (SSSR count). The first kappa shape index (κ1) is 14.6. The molecular weight excluding hydrogens is 254 g/mol. The fourth-order valence-electron chi connectivity index (χ4n) is 2.60. The van der Waals surface area contributed by atoms with Gasteiger partial charge in [0.25, 0.3) is 0 Å². The Morgan fingerprint density at radius 2 is 2.00 bits per heavy atom. The van der Waals surface area contributed by atoms with E-state index >= 15 is 0 Å². The highest BCUT2D eigenvalue weighted by Crippen LogP contribution is 2.19. The summed E-state index contributed by atoms with van der Waals surface area (Å²) in [4.78, 5) is 25.4. The Labute approximate surface area is 119 Å². The van der Waals surface area contributed by atoms with E-state index in [-0.39, 0.29) is 17.6 Å². The van der Waals surface area contributed by atoms with Crippen LogP contribution in [0, 0.1) is 5.92 Å². The van der Waals surface area contributed by atoms with Gasteiger partial charge in [-0.25, -0.2) is 0 Å². The number of methoxy groups -OCH3 is 1. The number of hydrogen-bond donors (Lipinski definition) is 0. The van der Waals surface area contributed by atoms with Gasteiger partial charge in [-0.3, -0.25) is 9.59 Å². The maximum Gasteiger partial charge on any atom is 0.226 e. The van der Waals surface area contributed by atoms with Crippen LogP contribution in [-0.4, -0.2) is 36.8 Å². The fraction of sp³-hybridized carbons (Fsp3) is 0.500. The van der Waals surface area contributed by atoms with E-state index in [4.69, 9.17) is 4.74 Å². The topological polar surface area (TPSA) is 46.6 Å². The van der Waals surface area contributed by atoms with Crippen molar-refractivity contribution in [1.82, 2.24) is 4.90 Å². The Balaban J connectivity index is 1.91. The van der Waals surface area contributed by atoms with Crippen molar-refractivity contribution in [3.63, 3.8) is 0 Å². The Bertz CT molecular complexity index is 490. The number of piperidine rings is 1. The van der Waals surface area contributed by atoms with Crippen molar-refractivity contribution in [3.8, 4) is 5.75 Å². The normalized spacial score (nSPS) is 16.0. The first-order valence-corrected chi connectivity index (χ1v) is 7.01. The van der Waals surface area contributed by atoms with Crippen LogP contribution in [0.2, 0.25) is 0 Å². The molecule has 4 heteroatoms. The minimum absolute atomic E-state index is 0.125. The van der Waals surface area contributed by atoms with Crippen LogP contribution in [0.5, 0.6) is 5.75 Å². The second-order valence-electron chi connectivity index (χ2n) is 5.29. The van der Waals surface area contributed by atoms with Gasteiger partial charge in [-0.1, -0.05) is 12.1 Å². The number of amides is 1. The molecular formula is C16H21NO3. The number of carbonyl (C=O) groups is 2. The van der Waals surface area contributed by atoms with Gasteiger partial charge >= 0.3 is 0 Å². The number of carbonyl (C=O) groups excluding carboxylic acids is 2. The molecule has 108 valence electrons. The molecule has 0 radical (unpaired) electrons. The lowest BCUT2D eigenvalue weighted by Gasteiger charge is -2.31. The largest absolute Gasteiger partial charge is 0.497 e. The lowest BCUT2D eigenvalue weighted by Crippen LogP contribution is -2.40. The molecule has 1 aliphatic rings. The minimum Gasteiger partial charge on any atom is -0.497 e. The van der Waals surface area contributed by atoms with E-state index in [0.717, 1.165) is 24.2 Å². The monoisotopic (exact) mass is 275 g/mol. The van der Waals surface area contributed by atoms with Crippen LogP contribution in [0.25, 0.3) is 0 Å². The molecule has 0 bridgehead atoms. The third-order valence-corrected chi connectivity index (χ3v) is 3.91.